The van der Waals surface area contributed by atoms with E-state index in [1.54, 1.807) is 13.0 Å². The fourth-order valence-electron chi connectivity index (χ4n) is 1.83. The van der Waals surface area contributed by atoms with E-state index in [1.165, 1.54) is 42.8 Å². The van der Waals surface area contributed by atoms with Crippen molar-refractivity contribution in [3.05, 3.63) is 53.9 Å². The van der Waals surface area contributed by atoms with Gasteiger partial charge in [0.1, 0.15) is 12.4 Å². The average Bonchev–Trinajstić information content (AvgIpc) is 2.53. The summed E-state index contributed by atoms with van der Waals surface area (Å²) in [6.45, 7) is 1.81. The fraction of sp³-hybridized carbons (Fsp3) is 0.200. The van der Waals surface area contributed by atoms with Gasteiger partial charge < -0.3 is 15.2 Å². The van der Waals surface area contributed by atoms with Crippen LogP contribution in [0.15, 0.2) is 42.5 Å². The minimum Gasteiger partial charge on any atom is -0.494 e. The number of rotatable bonds is 6. The van der Waals surface area contributed by atoms with Crippen molar-refractivity contribution in [2.24, 2.45) is 11.6 Å². The van der Waals surface area contributed by atoms with Crippen molar-refractivity contribution < 1.29 is 13.9 Å². The number of nitrogens with two attached hydrogens (primary N) is 2. The Bertz CT molecular complexity index is 691. The van der Waals surface area contributed by atoms with Gasteiger partial charge in [-0.15, -0.1) is 0 Å². The van der Waals surface area contributed by atoms with Crippen molar-refractivity contribution in [3.63, 3.8) is 0 Å². The number of benzene rings is 1. The summed E-state index contributed by atoms with van der Waals surface area (Å²) in [6.07, 6.45) is 4.46. The van der Waals surface area contributed by atoms with Crippen LogP contribution in [-0.4, -0.2) is 23.7 Å². The maximum atomic E-state index is 13.1. The summed E-state index contributed by atoms with van der Waals surface area (Å²) >= 11 is 0. The fourth-order valence-corrected chi connectivity index (χ4v) is 1.83. The molecule has 1 aromatic carbocycles. The number of halogens is 1. The van der Waals surface area contributed by atoms with Crippen molar-refractivity contribution in [3.8, 4) is 11.8 Å². The third kappa shape index (κ3) is 4.55. The maximum Gasteiger partial charge on any atom is 0.316 e. The first-order valence-electron chi connectivity index (χ1n) is 6.74. The lowest BCUT2D eigenvalue weighted by atomic mass is 10.2. The zero-order valence-corrected chi connectivity index (χ0v) is 12.9. The highest BCUT2D eigenvalue weighted by atomic mass is 19.1. The molecule has 0 spiro atoms. The van der Waals surface area contributed by atoms with Crippen LogP contribution in [0.5, 0.6) is 11.8 Å². The van der Waals surface area contributed by atoms with E-state index in [0.29, 0.717) is 22.7 Å². The van der Waals surface area contributed by atoms with E-state index in [0.717, 1.165) is 0 Å². The van der Waals surface area contributed by atoms with Gasteiger partial charge in [0.15, 0.2) is 5.75 Å². The minimum atomic E-state index is -0.323. The number of aryl methyl sites for hydroxylation is 1. The molecular formula is C15H18FN5O2. The third-order valence-corrected chi connectivity index (χ3v) is 2.95. The van der Waals surface area contributed by atoms with Crippen LogP contribution in [0.2, 0.25) is 0 Å². The summed E-state index contributed by atoms with van der Waals surface area (Å²) in [5.41, 5.74) is 7.54. The third-order valence-electron chi connectivity index (χ3n) is 2.95. The molecule has 1 aromatic heterocycles. The molecule has 0 unspecified atom stereocenters. The van der Waals surface area contributed by atoms with Gasteiger partial charge >= 0.3 is 6.01 Å². The summed E-state index contributed by atoms with van der Waals surface area (Å²) in [5.74, 6) is 6.11. The first-order valence-corrected chi connectivity index (χ1v) is 6.74. The van der Waals surface area contributed by atoms with Crippen molar-refractivity contribution in [1.29, 1.82) is 0 Å². The number of hydrazine groups is 1. The number of nitrogens with zero attached hydrogens (tertiary/aromatic N) is 3. The van der Waals surface area contributed by atoms with E-state index < -0.39 is 0 Å². The number of anilines is 1. The smallest absolute Gasteiger partial charge is 0.316 e. The molecule has 0 saturated carbocycles. The largest absolute Gasteiger partial charge is 0.494 e. The molecule has 0 atom stereocenters. The summed E-state index contributed by atoms with van der Waals surface area (Å²) in [6, 6.07) is 4.46. The molecule has 7 nitrogen and oxygen atoms in total. The molecule has 0 radical (unpaired) electrons. The zero-order valence-electron chi connectivity index (χ0n) is 12.9. The van der Waals surface area contributed by atoms with E-state index in [4.69, 9.17) is 21.1 Å². The van der Waals surface area contributed by atoms with E-state index in [2.05, 4.69) is 9.97 Å². The van der Waals surface area contributed by atoms with Gasteiger partial charge in [-0.25, -0.2) is 10.2 Å². The molecule has 122 valence electrons. The van der Waals surface area contributed by atoms with Gasteiger partial charge in [0.25, 0.3) is 0 Å². The van der Waals surface area contributed by atoms with Crippen LogP contribution in [0.1, 0.15) is 5.56 Å². The summed E-state index contributed by atoms with van der Waals surface area (Å²) < 4.78 is 23.4. The predicted octanol–water partition coefficient (Wildman–Crippen LogP) is 1.49. The quantitative estimate of drug-likeness (QED) is 0.614. The average molecular weight is 319 g/mol. The Morgan fingerprint density at radius 2 is 2.04 bits per heavy atom. The number of aromatic nitrogens is 2. The lowest BCUT2D eigenvalue weighted by Crippen LogP contribution is -2.28. The van der Waals surface area contributed by atoms with Crippen molar-refractivity contribution in [1.82, 2.24) is 9.97 Å². The SMILES string of the molecule is COc1cnc(OC/C(N)=C/N(N)c2ccc(F)cc2C)nc1. The Kier molecular flexibility index (Phi) is 5.32. The lowest BCUT2D eigenvalue weighted by Gasteiger charge is -2.17. The molecule has 0 saturated heterocycles. The van der Waals surface area contributed by atoms with Crippen LogP contribution < -0.4 is 26.1 Å². The Labute approximate surface area is 133 Å². The van der Waals surface area contributed by atoms with Crippen molar-refractivity contribution in [2.45, 2.75) is 6.92 Å². The Balaban J connectivity index is 1.98. The van der Waals surface area contributed by atoms with Crippen LogP contribution >= 0.6 is 0 Å². The predicted molar refractivity (Wildman–Crippen MR) is 84.2 cm³/mol. The molecule has 23 heavy (non-hydrogen) atoms. The number of hydrogen-bond donors (Lipinski definition) is 2. The normalized spacial score (nSPS) is 11.2. The zero-order chi connectivity index (χ0) is 16.8. The molecule has 0 fully saturated rings. The van der Waals surface area contributed by atoms with Crippen LogP contribution in [-0.2, 0) is 0 Å². The van der Waals surface area contributed by atoms with Crippen LogP contribution in [0.25, 0.3) is 0 Å². The molecule has 2 rings (SSSR count). The standard InChI is InChI=1S/C15H18FN5O2/c1-10-5-11(16)3-4-14(10)21(18)8-12(17)9-23-15-19-6-13(22-2)7-20-15/h3-8H,9,17-18H2,1-2H3/b12-8-. The highest BCUT2D eigenvalue weighted by Crippen LogP contribution is 2.19. The number of hydrogen-bond acceptors (Lipinski definition) is 7. The van der Waals surface area contributed by atoms with Gasteiger partial charge in [-0.1, -0.05) is 0 Å². The Morgan fingerprint density at radius 3 is 2.65 bits per heavy atom. The topological polar surface area (TPSA) is 99.5 Å². The van der Waals surface area contributed by atoms with Crippen molar-refractivity contribution >= 4 is 5.69 Å². The molecule has 0 amide bonds. The summed E-state index contributed by atoms with van der Waals surface area (Å²) in [5, 5.41) is 1.31. The molecule has 0 aliphatic rings. The van der Waals surface area contributed by atoms with Gasteiger partial charge in [0.05, 0.1) is 30.9 Å². The van der Waals surface area contributed by atoms with Gasteiger partial charge in [0.2, 0.25) is 0 Å². The van der Waals surface area contributed by atoms with Crippen LogP contribution in [0.3, 0.4) is 0 Å². The molecular weight excluding hydrogens is 301 g/mol. The highest BCUT2D eigenvalue weighted by Gasteiger charge is 2.06. The minimum absolute atomic E-state index is 0.0558. The van der Waals surface area contributed by atoms with Gasteiger partial charge in [-0.05, 0) is 30.7 Å². The van der Waals surface area contributed by atoms with Crippen molar-refractivity contribution in [2.75, 3.05) is 18.7 Å². The van der Waals surface area contributed by atoms with Crippen LogP contribution in [0, 0.1) is 12.7 Å². The number of methoxy groups -OCH3 is 1. The van der Waals surface area contributed by atoms with Gasteiger partial charge in [-0.3, -0.25) is 5.01 Å². The summed E-state index contributed by atoms with van der Waals surface area (Å²) in [4.78, 5) is 7.91. The molecule has 4 N–H and O–H groups in total. The Morgan fingerprint density at radius 1 is 1.35 bits per heavy atom. The first kappa shape index (κ1) is 16.5. The second-order valence-corrected chi connectivity index (χ2v) is 4.74. The lowest BCUT2D eigenvalue weighted by molar-refractivity contribution is 0.318. The molecule has 8 heteroatoms. The Hall–Kier alpha value is -2.87. The summed E-state index contributed by atoms with van der Waals surface area (Å²) in [7, 11) is 1.52. The van der Waals surface area contributed by atoms with E-state index in [-0.39, 0.29) is 18.4 Å². The second kappa shape index (κ2) is 7.41. The monoisotopic (exact) mass is 319 g/mol. The van der Waals surface area contributed by atoms with E-state index in [9.17, 15) is 4.39 Å². The molecule has 1 heterocycles. The first-order chi connectivity index (χ1) is 11.0. The van der Waals surface area contributed by atoms with Gasteiger partial charge in [0, 0.05) is 6.20 Å². The molecule has 0 aliphatic heterocycles. The highest BCUT2D eigenvalue weighted by molar-refractivity contribution is 5.54. The van der Waals surface area contributed by atoms with Crippen LogP contribution in [0.4, 0.5) is 10.1 Å². The molecule has 0 bridgehead atoms. The van der Waals surface area contributed by atoms with Gasteiger partial charge in [-0.2, -0.15) is 9.97 Å². The number of ether oxygens (including phenoxy) is 2. The molecule has 0 aliphatic carbocycles. The molecule has 2 aromatic rings. The second-order valence-electron chi connectivity index (χ2n) is 4.74. The van der Waals surface area contributed by atoms with E-state index in [1.807, 2.05) is 0 Å². The van der Waals surface area contributed by atoms with E-state index >= 15 is 0 Å². The maximum absolute atomic E-state index is 13.1.